The molecule has 4 heteroatoms. The zero-order valence-corrected chi connectivity index (χ0v) is 11.3. The molecule has 0 bridgehead atoms. The van der Waals surface area contributed by atoms with Crippen molar-refractivity contribution in [2.45, 2.75) is 50.9 Å². The molecule has 0 unspecified atom stereocenters. The van der Waals surface area contributed by atoms with Crippen molar-refractivity contribution in [3.05, 3.63) is 23.3 Å². The maximum atomic E-state index is 11.6. The van der Waals surface area contributed by atoms with E-state index in [1.54, 1.807) is 6.92 Å². The number of carbonyl (C=O) groups is 1. The zero-order valence-electron chi connectivity index (χ0n) is 11.3. The molecule has 1 saturated heterocycles. The van der Waals surface area contributed by atoms with Gasteiger partial charge in [0.05, 0.1) is 11.7 Å². The highest BCUT2D eigenvalue weighted by Gasteiger charge is 2.49. The van der Waals surface area contributed by atoms with Crippen LogP contribution >= 0.6 is 0 Å². The van der Waals surface area contributed by atoms with Crippen molar-refractivity contribution in [2.75, 3.05) is 0 Å². The molecule has 104 valence electrons. The number of aliphatic hydroxyl groups is 2. The minimum atomic E-state index is -0.982. The molecule has 1 aliphatic heterocycles. The number of hydrogen-bond donors (Lipinski definition) is 2. The number of hydrogen-bond acceptors (Lipinski definition) is 4. The monoisotopic (exact) mass is 264 g/mol. The second-order valence-corrected chi connectivity index (χ2v) is 6.34. The molecule has 4 nitrogen and oxygen atoms in total. The van der Waals surface area contributed by atoms with Crippen LogP contribution in [0.2, 0.25) is 0 Å². The normalized spacial score (nSPS) is 45.9. The van der Waals surface area contributed by atoms with E-state index >= 15 is 0 Å². The van der Waals surface area contributed by atoms with Crippen LogP contribution in [0.1, 0.15) is 33.1 Å². The lowest BCUT2D eigenvalue weighted by Gasteiger charge is -2.24. The lowest BCUT2D eigenvalue weighted by Crippen LogP contribution is -2.28. The van der Waals surface area contributed by atoms with Gasteiger partial charge in [-0.1, -0.05) is 13.5 Å². The SMILES string of the molecule is C=C1C(=O)O[C@@H]2C[C@H](C)C3=C(C[C@H]12)[C@](C)(O)C[C@@H]3O. The van der Waals surface area contributed by atoms with Crippen molar-refractivity contribution in [1.82, 2.24) is 0 Å². The molecule has 3 rings (SSSR count). The summed E-state index contributed by atoms with van der Waals surface area (Å²) in [6, 6.07) is 0. The van der Waals surface area contributed by atoms with Gasteiger partial charge in [-0.05, 0) is 36.8 Å². The van der Waals surface area contributed by atoms with Crippen LogP contribution in [0.15, 0.2) is 23.3 Å². The summed E-state index contributed by atoms with van der Waals surface area (Å²) in [7, 11) is 0. The second kappa shape index (κ2) is 3.93. The van der Waals surface area contributed by atoms with E-state index in [0.29, 0.717) is 24.8 Å². The van der Waals surface area contributed by atoms with E-state index in [-0.39, 0.29) is 23.9 Å². The Morgan fingerprint density at radius 3 is 2.84 bits per heavy atom. The topological polar surface area (TPSA) is 66.8 Å². The van der Waals surface area contributed by atoms with Gasteiger partial charge < -0.3 is 14.9 Å². The molecule has 0 aromatic carbocycles. The average Bonchev–Trinajstić information content (AvgIpc) is 2.61. The Balaban J connectivity index is 2.02. The van der Waals surface area contributed by atoms with Crippen LogP contribution in [0.3, 0.4) is 0 Å². The van der Waals surface area contributed by atoms with Crippen LogP contribution in [0.25, 0.3) is 0 Å². The molecular weight excluding hydrogens is 244 g/mol. The fraction of sp³-hybridized carbons (Fsp3) is 0.667. The minimum absolute atomic E-state index is 0.0563. The van der Waals surface area contributed by atoms with E-state index in [4.69, 9.17) is 4.74 Å². The smallest absolute Gasteiger partial charge is 0.334 e. The Morgan fingerprint density at radius 2 is 2.16 bits per heavy atom. The molecule has 19 heavy (non-hydrogen) atoms. The van der Waals surface area contributed by atoms with Crippen molar-refractivity contribution in [3.63, 3.8) is 0 Å². The Labute approximate surface area is 112 Å². The van der Waals surface area contributed by atoms with E-state index in [9.17, 15) is 15.0 Å². The lowest BCUT2D eigenvalue weighted by atomic mass is 9.85. The number of rotatable bonds is 0. The first-order valence-electron chi connectivity index (χ1n) is 6.85. The van der Waals surface area contributed by atoms with Gasteiger partial charge in [0.15, 0.2) is 0 Å². The Kier molecular flexibility index (Phi) is 2.67. The van der Waals surface area contributed by atoms with Gasteiger partial charge in [0.1, 0.15) is 6.10 Å². The fourth-order valence-electron chi connectivity index (χ4n) is 3.92. The lowest BCUT2D eigenvalue weighted by molar-refractivity contribution is -0.139. The minimum Gasteiger partial charge on any atom is -0.458 e. The summed E-state index contributed by atoms with van der Waals surface area (Å²) in [6.45, 7) is 7.59. The average molecular weight is 264 g/mol. The van der Waals surface area contributed by atoms with Crippen molar-refractivity contribution in [2.24, 2.45) is 11.8 Å². The van der Waals surface area contributed by atoms with Crippen LogP contribution in [0.5, 0.6) is 0 Å². The summed E-state index contributed by atoms with van der Waals surface area (Å²) >= 11 is 0. The quantitative estimate of drug-likeness (QED) is 0.393. The van der Waals surface area contributed by atoms with Crippen LogP contribution in [0.4, 0.5) is 0 Å². The number of carbonyl (C=O) groups excluding carboxylic acids is 1. The summed E-state index contributed by atoms with van der Waals surface area (Å²) in [6.07, 6.45) is 0.868. The third kappa shape index (κ3) is 1.77. The highest BCUT2D eigenvalue weighted by Crippen LogP contribution is 2.49. The van der Waals surface area contributed by atoms with Gasteiger partial charge in [0.2, 0.25) is 0 Å². The molecule has 0 radical (unpaired) electrons. The predicted molar refractivity (Wildman–Crippen MR) is 69.2 cm³/mol. The molecule has 2 N–H and O–H groups in total. The van der Waals surface area contributed by atoms with Gasteiger partial charge in [0.25, 0.3) is 0 Å². The van der Waals surface area contributed by atoms with Gasteiger partial charge >= 0.3 is 5.97 Å². The van der Waals surface area contributed by atoms with E-state index in [2.05, 4.69) is 6.58 Å². The second-order valence-electron chi connectivity index (χ2n) is 6.34. The zero-order chi connectivity index (χ0) is 13.9. The molecule has 0 aromatic heterocycles. The summed E-state index contributed by atoms with van der Waals surface area (Å²) in [5, 5.41) is 20.7. The van der Waals surface area contributed by atoms with E-state index in [0.717, 1.165) is 11.1 Å². The van der Waals surface area contributed by atoms with Crippen molar-refractivity contribution < 1.29 is 19.7 Å². The first kappa shape index (κ1) is 12.9. The van der Waals surface area contributed by atoms with Gasteiger partial charge in [0, 0.05) is 17.9 Å². The molecule has 0 spiro atoms. The third-order valence-electron chi connectivity index (χ3n) is 4.91. The van der Waals surface area contributed by atoms with E-state index in [1.165, 1.54) is 0 Å². The Morgan fingerprint density at radius 1 is 1.47 bits per heavy atom. The summed E-state index contributed by atoms with van der Waals surface area (Å²) in [4.78, 5) is 11.6. The van der Waals surface area contributed by atoms with E-state index in [1.807, 2.05) is 6.92 Å². The Hall–Kier alpha value is -1.13. The van der Waals surface area contributed by atoms with Gasteiger partial charge in [-0.25, -0.2) is 4.79 Å². The largest absolute Gasteiger partial charge is 0.458 e. The van der Waals surface area contributed by atoms with E-state index < -0.39 is 11.7 Å². The Bertz CT molecular complexity index is 488. The number of aliphatic hydroxyl groups excluding tert-OH is 1. The van der Waals surface area contributed by atoms with Crippen LogP contribution < -0.4 is 0 Å². The molecule has 1 heterocycles. The van der Waals surface area contributed by atoms with Crippen LogP contribution in [0, 0.1) is 11.8 Å². The van der Waals surface area contributed by atoms with Gasteiger partial charge in [-0.2, -0.15) is 0 Å². The molecule has 5 atom stereocenters. The molecule has 1 fully saturated rings. The van der Waals surface area contributed by atoms with Crippen molar-refractivity contribution in [1.29, 1.82) is 0 Å². The first-order valence-corrected chi connectivity index (χ1v) is 6.85. The molecule has 2 aliphatic carbocycles. The molecule has 0 amide bonds. The van der Waals surface area contributed by atoms with Crippen molar-refractivity contribution in [3.8, 4) is 0 Å². The molecular formula is C15H20O4. The molecule has 0 saturated carbocycles. The van der Waals surface area contributed by atoms with Crippen LogP contribution in [-0.2, 0) is 9.53 Å². The third-order valence-corrected chi connectivity index (χ3v) is 4.91. The maximum absolute atomic E-state index is 11.6. The number of fused-ring (bicyclic) bond motifs is 1. The van der Waals surface area contributed by atoms with Crippen molar-refractivity contribution >= 4 is 5.97 Å². The number of ether oxygens (including phenoxy) is 1. The highest BCUT2D eigenvalue weighted by atomic mass is 16.6. The van der Waals surface area contributed by atoms with Gasteiger partial charge in [-0.3, -0.25) is 0 Å². The fourth-order valence-corrected chi connectivity index (χ4v) is 3.92. The molecule has 3 aliphatic rings. The highest BCUT2D eigenvalue weighted by molar-refractivity contribution is 5.91. The predicted octanol–water partition coefficient (Wildman–Crippen LogP) is 1.33. The standard InChI is InChI=1S/C15H20O4/c1-7-4-12-9(8(2)14(17)19-12)5-10-13(7)11(16)6-15(10,3)18/h7,9,11-12,16,18H,2,4-6H2,1,3H3/t7-,9+,11-,12+,15+/m0/s1. The maximum Gasteiger partial charge on any atom is 0.334 e. The summed E-state index contributed by atoms with van der Waals surface area (Å²) < 4.78 is 5.37. The molecule has 0 aromatic rings. The number of esters is 1. The van der Waals surface area contributed by atoms with Gasteiger partial charge in [-0.15, -0.1) is 0 Å². The van der Waals surface area contributed by atoms with Crippen LogP contribution in [-0.4, -0.2) is 34.0 Å². The first-order chi connectivity index (χ1) is 8.81. The summed E-state index contributed by atoms with van der Waals surface area (Å²) in [5.41, 5.74) is 1.36. The summed E-state index contributed by atoms with van der Waals surface area (Å²) in [5.74, 6) is -0.253.